The first-order chi connectivity index (χ1) is 19.9. The Kier molecular flexibility index (Phi) is 8.54. The number of carboxylic acids is 1. The van der Waals surface area contributed by atoms with Gasteiger partial charge in [-0.1, -0.05) is 74.0 Å². The molecular formula is C32H35N5O4. The molecule has 0 bridgehead atoms. The summed E-state index contributed by atoms with van der Waals surface area (Å²) in [7, 11) is 0. The molecule has 0 radical (unpaired) electrons. The number of aliphatic hydroxyl groups is 1. The third-order valence-electron chi connectivity index (χ3n) is 8.06. The van der Waals surface area contributed by atoms with Crippen LogP contribution in [0.15, 0.2) is 72.8 Å². The minimum atomic E-state index is -1.32. The van der Waals surface area contributed by atoms with Crippen molar-refractivity contribution in [3.63, 3.8) is 0 Å². The second-order valence-corrected chi connectivity index (χ2v) is 10.7. The lowest BCUT2D eigenvalue weighted by molar-refractivity contribution is -0.164. The monoisotopic (exact) mass is 553 g/mol. The third kappa shape index (κ3) is 6.05. The Balaban J connectivity index is 1.48. The van der Waals surface area contributed by atoms with E-state index >= 15 is 0 Å². The molecule has 1 fully saturated rings. The van der Waals surface area contributed by atoms with Crippen LogP contribution in [0.2, 0.25) is 0 Å². The molecule has 0 unspecified atom stereocenters. The summed E-state index contributed by atoms with van der Waals surface area (Å²) < 4.78 is 0. The molecule has 41 heavy (non-hydrogen) atoms. The van der Waals surface area contributed by atoms with E-state index in [4.69, 9.17) is 0 Å². The van der Waals surface area contributed by atoms with Crippen LogP contribution >= 0.6 is 0 Å². The summed E-state index contributed by atoms with van der Waals surface area (Å²) in [5.41, 5.74) is 4.34. The topological polar surface area (TPSA) is 132 Å². The van der Waals surface area contributed by atoms with Crippen LogP contribution in [0, 0.1) is 0 Å². The van der Waals surface area contributed by atoms with Gasteiger partial charge < -0.3 is 15.1 Å². The SMILES string of the molecule is CCCCC(=O)N(Cc1ccc(-c2cc(-c3ccccc3)ccc2-c2nn[nH]n2)cc1)C1(C(=O)O)CCC(O)CC1. The standard InChI is InChI=1S/C32H35N5O4/c1-2-3-9-29(39)37(32(31(40)41)18-16-26(38)17-19-32)21-22-10-12-24(13-11-22)28-20-25(23-7-5-4-6-8-23)14-15-27(28)30-33-35-36-34-30/h4-8,10-15,20,26,38H,2-3,9,16-19,21H2,1H3,(H,40,41)(H,33,34,35,36). The molecule has 3 aromatic carbocycles. The second kappa shape index (κ2) is 12.4. The molecule has 0 saturated heterocycles. The van der Waals surface area contributed by atoms with Gasteiger partial charge in [0.25, 0.3) is 0 Å². The Labute approximate surface area is 239 Å². The van der Waals surface area contributed by atoms with E-state index in [1.165, 1.54) is 0 Å². The van der Waals surface area contributed by atoms with Crippen molar-refractivity contribution in [2.24, 2.45) is 0 Å². The Morgan fingerprint density at radius 2 is 1.66 bits per heavy atom. The Bertz CT molecular complexity index is 1460. The highest BCUT2D eigenvalue weighted by molar-refractivity contribution is 5.88. The minimum absolute atomic E-state index is 0.162. The number of aromatic amines is 1. The normalized spacial score (nSPS) is 18.6. The fourth-order valence-corrected chi connectivity index (χ4v) is 5.66. The fraction of sp³-hybridized carbons (Fsp3) is 0.344. The van der Waals surface area contributed by atoms with E-state index < -0.39 is 17.6 Å². The zero-order valence-electron chi connectivity index (χ0n) is 23.2. The van der Waals surface area contributed by atoms with E-state index in [2.05, 4.69) is 38.8 Å². The number of hydrogen-bond donors (Lipinski definition) is 3. The number of aliphatic hydroxyl groups excluding tert-OH is 1. The van der Waals surface area contributed by atoms with Crippen LogP contribution in [0.5, 0.6) is 0 Å². The number of benzene rings is 3. The average molecular weight is 554 g/mol. The van der Waals surface area contributed by atoms with E-state index in [9.17, 15) is 19.8 Å². The van der Waals surface area contributed by atoms with E-state index in [0.29, 0.717) is 31.5 Å². The number of amides is 1. The first-order valence-electron chi connectivity index (χ1n) is 14.2. The van der Waals surface area contributed by atoms with E-state index in [-0.39, 0.29) is 25.3 Å². The highest BCUT2D eigenvalue weighted by Gasteiger charge is 2.48. The number of aliphatic carboxylic acids is 1. The van der Waals surface area contributed by atoms with Crippen molar-refractivity contribution in [3.8, 4) is 33.6 Å². The maximum Gasteiger partial charge on any atom is 0.329 e. The smallest absolute Gasteiger partial charge is 0.329 e. The highest BCUT2D eigenvalue weighted by Crippen LogP contribution is 2.37. The molecule has 9 heteroatoms. The van der Waals surface area contributed by atoms with Crippen LogP contribution in [0.4, 0.5) is 0 Å². The van der Waals surface area contributed by atoms with E-state index in [1.807, 2.05) is 61.5 Å². The van der Waals surface area contributed by atoms with Gasteiger partial charge in [-0.3, -0.25) is 4.79 Å². The Morgan fingerprint density at radius 1 is 0.951 bits per heavy atom. The van der Waals surface area contributed by atoms with Gasteiger partial charge in [0.05, 0.1) is 6.10 Å². The molecule has 1 amide bonds. The van der Waals surface area contributed by atoms with Crippen molar-refractivity contribution in [1.29, 1.82) is 0 Å². The maximum absolute atomic E-state index is 13.4. The number of carbonyl (C=O) groups is 2. The maximum atomic E-state index is 13.4. The predicted octanol–water partition coefficient (Wildman–Crippen LogP) is 5.48. The Hall–Kier alpha value is -4.37. The van der Waals surface area contributed by atoms with Crippen LogP contribution in [0.3, 0.4) is 0 Å². The zero-order valence-corrected chi connectivity index (χ0v) is 23.2. The number of rotatable bonds is 10. The lowest BCUT2D eigenvalue weighted by atomic mass is 9.78. The van der Waals surface area contributed by atoms with Crippen molar-refractivity contribution in [2.45, 2.75) is 70.1 Å². The number of nitrogens with zero attached hydrogens (tertiary/aromatic N) is 4. The summed E-state index contributed by atoms with van der Waals surface area (Å²) in [5.74, 6) is -0.683. The van der Waals surface area contributed by atoms with Crippen LogP contribution in [-0.2, 0) is 16.1 Å². The average Bonchev–Trinajstić information content (AvgIpc) is 3.55. The van der Waals surface area contributed by atoms with Crippen molar-refractivity contribution >= 4 is 11.9 Å². The van der Waals surface area contributed by atoms with Crippen LogP contribution < -0.4 is 0 Å². The number of H-pyrrole nitrogens is 1. The molecule has 1 saturated carbocycles. The summed E-state index contributed by atoms with van der Waals surface area (Å²) in [5, 5.41) is 35.1. The molecule has 4 aromatic rings. The lowest BCUT2D eigenvalue weighted by Crippen LogP contribution is -2.58. The van der Waals surface area contributed by atoms with Crippen molar-refractivity contribution in [3.05, 3.63) is 78.4 Å². The molecule has 9 nitrogen and oxygen atoms in total. The van der Waals surface area contributed by atoms with Gasteiger partial charge >= 0.3 is 5.97 Å². The molecule has 1 aliphatic carbocycles. The van der Waals surface area contributed by atoms with Crippen molar-refractivity contribution in [1.82, 2.24) is 25.5 Å². The van der Waals surface area contributed by atoms with Crippen LogP contribution in [-0.4, -0.2) is 59.3 Å². The molecule has 5 rings (SSSR count). The summed E-state index contributed by atoms with van der Waals surface area (Å²) in [4.78, 5) is 27.6. The van der Waals surface area contributed by atoms with Crippen molar-refractivity contribution in [2.75, 3.05) is 0 Å². The number of tetrazole rings is 1. The molecule has 1 heterocycles. The van der Waals surface area contributed by atoms with Gasteiger partial charge in [0, 0.05) is 18.5 Å². The number of carbonyl (C=O) groups excluding carboxylic acids is 1. The largest absolute Gasteiger partial charge is 0.479 e. The van der Waals surface area contributed by atoms with Gasteiger partial charge in [0.2, 0.25) is 11.7 Å². The number of aromatic nitrogens is 4. The zero-order chi connectivity index (χ0) is 28.8. The summed E-state index contributed by atoms with van der Waals surface area (Å²) in [6.07, 6.45) is 2.50. The second-order valence-electron chi connectivity index (χ2n) is 10.7. The molecule has 1 aromatic heterocycles. The van der Waals surface area contributed by atoms with Crippen molar-refractivity contribution < 1.29 is 19.8 Å². The van der Waals surface area contributed by atoms with Gasteiger partial charge in [-0.15, -0.1) is 10.2 Å². The third-order valence-corrected chi connectivity index (χ3v) is 8.06. The lowest BCUT2D eigenvalue weighted by Gasteiger charge is -2.44. The Morgan fingerprint density at radius 3 is 2.29 bits per heavy atom. The minimum Gasteiger partial charge on any atom is -0.479 e. The summed E-state index contributed by atoms with van der Waals surface area (Å²) >= 11 is 0. The quantitative estimate of drug-likeness (QED) is 0.237. The fourth-order valence-electron chi connectivity index (χ4n) is 5.66. The molecule has 1 aliphatic rings. The first-order valence-corrected chi connectivity index (χ1v) is 14.2. The first kappa shape index (κ1) is 28.2. The number of carboxylic acid groups (broad SMARTS) is 1. The van der Waals surface area contributed by atoms with E-state index in [0.717, 1.165) is 39.8 Å². The summed E-state index contributed by atoms with van der Waals surface area (Å²) in [6, 6.07) is 24.1. The van der Waals surface area contributed by atoms with Gasteiger partial charge in [-0.2, -0.15) is 5.21 Å². The van der Waals surface area contributed by atoms with E-state index in [1.54, 1.807) is 4.90 Å². The molecule has 3 N–H and O–H groups in total. The molecule has 0 spiro atoms. The van der Waals surface area contributed by atoms with Gasteiger partial charge in [0.15, 0.2) is 0 Å². The molecule has 212 valence electrons. The van der Waals surface area contributed by atoms with Gasteiger partial charge in [0.1, 0.15) is 5.54 Å². The predicted molar refractivity (Wildman–Crippen MR) is 155 cm³/mol. The molecular weight excluding hydrogens is 518 g/mol. The molecule has 0 atom stereocenters. The number of hydrogen-bond acceptors (Lipinski definition) is 6. The van der Waals surface area contributed by atoms with Crippen LogP contribution in [0.25, 0.3) is 33.6 Å². The number of unbranched alkanes of at least 4 members (excludes halogenated alkanes) is 1. The van der Waals surface area contributed by atoms with Crippen LogP contribution in [0.1, 0.15) is 57.4 Å². The molecule has 0 aliphatic heterocycles. The summed E-state index contributed by atoms with van der Waals surface area (Å²) in [6.45, 7) is 2.20. The van der Waals surface area contributed by atoms with Gasteiger partial charge in [-0.25, -0.2) is 4.79 Å². The number of nitrogens with one attached hydrogen (secondary N) is 1. The van der Waals surface area contributed by atoms with Gasteiger partial charge in [-0.05, 0) is 77.3 Å². The highest BCUT2D eigenvalue weighted by atomic mass is 16.4.